The van der Waals surface area contributed by atoms with Crippen molar-refractivity contribution in [2.45, 2.75) is 26.8 Å². The molecule has 2 aromatic heterocycles. The molecule has 0 atom stereocenters. The Balaban J connectivity index is 1.81. The quantitative estimate of drug-likeness (QED) is 0.787. The van der Waals surface area contributed by atoms with E-state index in [1.807, 2.05) is 24.6 Å². The first-order chi connectivity index (χ1) is 10.7. The molecular formula is C16H18FN5. The van der Waals surface area contributed by atoms with E-state index in [-0.39, 0.29) is 5.82 Å². The van der Waals surface area contributed by atoms with Crippen LogP contribution in [-0.4, -0.2) is 26.3 Å². The smallest absolute Gasteiger partial charge is 0.155 e. The Morgan fingerprint density at radius 3 is 2.82 bits per heavy atom. The van der Waals surface area contributed by atoms with E-state index < -0.39 is 0 Å². The summed E-state index contributed by atoms with van der Waals surface area (Å²) < 4.78 is 15.5. The first kappa shape index (κ1) is 14.4. The molecule has 3 rings (SSSR count). The lowest BCUT2D eigenvalue weighted by Gasteiger charge is -2.08. The molecule has 0 amide bonds. The zero-order valence-corrected chi connectivity index (χ0v) is 12.7. The van der Waals surface area contributed by atoms with Crippen LogP contribution in [-0.2, 0) is 13.0 Å². The Morgan fingerprint density at radius 2 is 2.05 bits per heavy atom. The molecule has 0 aliphatic carbocycles. The highest BCUT2D eigenvalue weighted by Gasteiger charge is 2.13. The lowest BCUT2D eigenvalue weighted by atomic mass is 10.1. The van der Waals surface area contributed by atoms with Crippen LogP contribution in [0.1, 0.15) is 18.2 Å². The highest BCUT2D eigenvalue weighted by atomic mass is 19.1. The zero-order valence-electron chi connectivity index (χ0n) is 12.7. The predicted molar refractivity (Wildman–Crippen MR) is 84.3 cm³/mol. The monoisotopic (exact) mass is 299 g/mol. The van der Waals surface area contributed by atoms with E-state index in [9.17, 15) is 4.39 Å². The largest absolute Gasteiger partial charge is 0.368 e. The van der Waals surface area contributed by atoms with E-state index in [2.05, 4.69) is 20.4 Å². The third-order valence-corrected chi connectivity index (χ3v) is 3.64. The number of fused-ring (bicyclic) bond motifs is 1. The Hall–Kier alpha value is -2.50. The van der Waals surface area contributed by atoms with Crippen LogP contribution in [0.25, 0.3) is 11.0 Å². The molecule has 0 fully saturated rings. The van der Waals surface area contributed by atoms with Gasteiger partial charge < -0.3 is 5.32 Å². The fourth-order valence-electron chi connectivity index (χ4n) is 2.54. The first-order valence-corrected chi connectivity index (χ1v) is 7.36. The van der Waals surface area contributed by atoms with Crippen molar-refractivity contribution in [3.05, 3.63) is 47.7 Å². The van der Waals surface area contributed by atoms with Crippen molar-refractivity contribution in [2.75, 3.05) is 11.9 Å². The molecule has 114 valence electrons. The van der Waals surface area contributed by atoms with Gasteiger partial charge in [-0.1, -0.05) is 18.2 Å². The maximum atomic E-state index is 13.6. The molecule has 0 saturated carbocycles. The SMILES string of the molecule is CCn1nc(C)c2ncnc(NCCc3ccccc3F)c21. The molecule has 0 spiro atoms. The molecular weight excluding hydrogens is 281 g/mol. The van der Waals surface area contributed by atoms with Crippen LogP contribution >= 0.6 is 0 Å². The normalized spacial score (nSPS) is 11.0. The number of hydrogen-bond donors (Lipinski definition) is 1. The summed E-state index contributed by atoms with van der Waals surface area (Å²) in [6.45, 7) is 5.31. The molecule has 22 heavy (non-hydrogen) atoms. The summed E-state index contributed by atoms with van der Waals surface area (Å²) in [7, 11) is 0. The summed E-state index contributed by atoms with van der Waals surface area (Å²) in [5, 5.41) is 7.74. The van der Waals surface area contributed by atoms with Crippen molar-refractivity contribution in [3.63, 3.8) is 0 Å². The van der Waals surface area contributed by atoms with Gasteiger partial charge >= 0.3 is 0 Å². The number of anilines is 1. The highest BCUT2D eigenvalue weighted by Crippen LogP contribution is 2.21. The van der Waals surface area contributed by atoms with Gasteiger partial charge in [-0.15, -0.1) is 0 Å². The van der Waals surface area contributed by atoms with E-state index in [1.54, 1.807) is 12.1 Å². The molecule has 3 aromatic rings. The van der Waals surface area contributed by atoms with Crippen LogP contribution in [0.3, 0.4) is 0 Å². The lowest BCUT2D eigenvalue weighted by Crippen LogP contribution is -2.09. The van der Waals surface area contributed by atoms with Crippen molar-refractivity contribution >= 4 is 16.9 Å². The molecule has 0 radical (unpaired) electrons. The molecule has 0 aliphatic rings. The molecule has 0 bridgehead atoms. The second-order valence-electron chi connectivity index (χ2n) is 5.09. The Bertz CT molecular complexity index is 796. The van der Waals surface area contributed by atoms with Gasteiger partial charge in [-0.3, -0.25) is 4.68 Å². The highest BCUT2D eigenvalue weighted by molar-refractivity contribution is 5.87. The van der Waals surface area contributed by atoms with Gasteiger partial charge in [0.25, 0.3) is 0 Å². The van der Waals surface area contributed by atoms with Crippen LogP contribution in [0.2, 0.25) is 0 Å². The Labute approximate surface area is 128 Å². The Kier molecular flexibility index (Phi) is 4.00. The second kappa shape index (κ2) is 6.09. The minimum atomic E-state index is -0.174. The minimum Gasteiger partial charge on any atom is -0.368 e. The van der Waals surface area contributed by atoms with Gasteiger partial charge in [0.2, 0.25) is 0 Å². The topological polar surface area (TPSA) is 55.6 Å². The van der Waals surface area contributed by atoms with Crippen LogP contribution in [0.4, 0.5) is 10.2 Å². The average Bonchev–Trinajstić information content (AvgIpc) is 2.87. The summed E-state index contributed by atoms with van der Waals surface area (Å²) in [4.78, 5) is 8.60. The summed E-state index contributed by atoms with van der Waals surface area (Å²) in [6.07, 6.45) is 2.12. The van der Waals surface area contributed by atoms with Crippen molar-refractivity contribution in [1.82, 2.24) is 19.7 Å². The van der Waals surface area contributed by atoms with Crippen LogP contribution in [0.5, 0.6) is 0 Å². The predicted octanol–water partition coefficient (Wildman–Crippen LogP) is 2.95. The third kappa shape index (κ3) is 2.64. The average molecular weight is 299 g/mol. The van der Waals surface area contributed by atoms with Gasteiger partial charge in [-0.25, -0.2) is 14.4 Å². The maximum Gasteiger partial charge on any atom is 0.155 e. The summed E-state index contributed by atoms with van der Waals surface area (Å²) in [5.74, 6) is 0.565. The maximum absolute atomic E-state index is 13.6. The van der Waals surface area contributed by atoms with Crippen molar-refractivity contribution in [2.24, 2.45) is 0 Å². The Morgan fingerprint density at radius 1 is 1.23 bits per heavy atom. The number of nitrogens with one attached hydrogen (secondary N) is 1. The van der Waals surface area contributed by atoms with E-state index >= 15 is 0 Å². The summed E-state index contributed by atoms with van der Waals surface area (Å²) >= 11 is 0. The van der Waals surface area contributed by atoms with Crippen molar-refractivity contribution in [1.29, 1.82) is 0 Å². The van der Waals surface area contributed by atoms with Gasteiger partial charge in [0, 0.05) is 13.1 Å². The number of aryl methyl sites for hydroxylation is 2. The lowest BCUT2D eigenvalue weighted by molar-refractivity contribution is 0.610. The fraction of sp³-hybridized carbons (Fsp3) is 0.312. The number of benzene rings is 1. The summed E-state index contributed by atoms with van der Waals surface area (Å²) in [5.41, 5.74) is 3.33. The van der Waals surface area contributed by atoms with Gasteiger partial charge in [0.1, 0.15) is 23.2 Å². The third-order valence-electron chi connectivity index (χ3n) is 3.64. The number of rotatable bonds is 5. The van der Waals surface area contributed by atoms with Gasteiger partial charge in [-0.05, 0) is 31.9 Å². The number of hydrogen-bond acceptors (Lipinski definition) is 4. The van der Waals surface area contributed by atoms with Crippen LogP contribution in [0, 0.1) is 12.7 Å². The van der Waals surface area contributed by atoms with Crippen molar-refractivity contribution in [3.8, 4) is 0 Å². The van der Waals surface area contributed by atoms with Gasteiger partial charge in [0.15, 0.2) is 5.82 Å². The first-order valence-electron chi connectivity index (χ1n) is 7.36. The molecule has 1 N–H and O–H groups in total. The molecule has 1 aromatic carbocycles. The fourth-order valence-corrected chi connectivity index (χ4v) is 2.54. The van der Waals surface area contributed by atoms with Gasteiger partial charge in [0.05, 0.1) is 5.69 Å². The number of nitrogens with zero attached hydrogens (tertiary/aromatic N) is 4. The molecule has 5 nitrogen and oxygen atoms in total. The molecule has 2 heterocycles. The standard InChI is InChI=1S/C16H18FN5/c1-3-22-15-14(11(2)21-22)19-10-20-16(15)18-9-8-12-6-4-5-7-13(12)17/h4-7,10H,3,8-9H2,1-2H3,(H,18,19,20). The number of aromatic nitrogens is 4. The zero-order chi connectivity index (χ0) is 15.5. The van der Waals surface area contributed by atoms with Crippen molar-refractivity contribution < 1.29 is 4.39 Å². The van der Waals surface area contributed by atoms with E-state index in [4.69, 9.17) is 0 Å². The second-order valence-corrected chi connectivity index (χ2v) is 5.09. The van der Waals surface area contributed by atoms with E-state index in [1.165, 1.54) is 12.4 Å². The minimum absolute atomic E-state index is 0.174. The molecule has 0 saturated heterocycles. The number of halogens is 1. The van der Waals surface area contributed by atoms with E-state index in [0.717, 1.165) is 29.1 Å². The molecule has 0 aliphatic heterocycles. The van der Waals surface area contributed by atoms with E-state index in [0.29, 0.717) is 18.5 Å². The molecule has 0 unspecified atom stereocenters. The molecule has 6 heteroatoms. The van der Waals surface area contributed by atoms with Gasteiger partial charge in [-0.2, -0.15) is 5.10 Å². The van der Waals surface area contributed by atoms with Crippen LogP contribution < -0.4 is 5.32 Å². The summed E-state index contributed by atoms with van der Waals surface area (Å²) in [6, 6.07) is 6.82. The van der Waals surface area contributed by atoms with Crippen LogP contribution in [0.15, 0.2) is 30.6 Å².